The van der Waals surface area contributed by atoms with Gasteiger partial charge in [0.2, 0.25) is 0 Å². The number of nitrogens with zero attached hydrogens (tertiary/aromatic N) is 1. The quantitative estimate of drug-likeness (QED) is 0.876. The molecule has 1 aliphatic rings. The highest BCUT2D eigenvalue weighted by molar-refractivity contribution is 6.32. The Bertz CT molecular complexity index is 470. The van der Waals surface area contributed by atoms with Gasteiger partial charge in [0.05, 0.1) is 5.02 Å². The molecule has 20 heavy (non-hydrogen) atoms. The lowest BCUT2D eigenvalue weighted by Crippen LogP contribution is -2.33. The van der Waals surface area contributed by atoms with E-state index >= 15 is 0 Å². The third-order valence-corrected chi connectivity index (χ3v) is 4.19. The number of halogens is 1. The summed E-state index contributed by atoms with van der Waals surface area (Å²) < 4.78 is 0. The van der Waals surface area contributed by atoms with Crippen LogP contribution in [-0.4, -0.2) is 34.2 Å². The summed E-state index contributed by atoms with van der Waals surface area (Å²) in [4.78, 5) is 12.9. The number of piperidine rings is 1. The second kappa shape index (κ2) is 6.95. The van der Waals surface area contributed by atoms with Crippen LogP contribution in [0.4, 0.5) is 0 Å². The molecule has 0 atom stereocenters. The van der Waals surface area contributed by atoms with Crippen molar-refractivity contribution in [1.82, 2.24) is 4.90 Å². The fourth-order valence-electron chi connectivity index (χ4n) is 2.67. The van der Waals surface area contributed by atoms with Gasteiger partial charge in [0.15, 0.2) is 0 Å². The number of carboxylic acid groups (broad SMARTS) is 1. The van der Waals surface area contributed by atoms with Gasteiger partial charge >= 0.3 is 5.97 Å². The fraction of sp³-hybridized carbons (Fsp3) is 0.533. The molecule has 0 radical (unpaired) electrons. The molecule has 1 heterocycles. The molecule has 1 saturated heterocycles. The molecule has 0 aliphatic carbocycles. The molecule has 2 N–H and O–H groups in total. The van der Waals surface area contributed by atoms with Crippen molar-refractivity contribution in [3.05, 3.63) is 28.8 Å². The van der Waals surface area contributed by atoms with Gasteiger partial charge in [0.1, 0.15) is 5.75 Å². The Hall–Kier alpha value is -1.26. The average molecular weight is 298 g/mol. The third kappa shape index (κ3) is 4.39. The molecule has 1 aromatic rings. The van der Waals surface area contributed by atoms with Crippen LogP contribution in [0, 0.1) is 5.92 Å². The smallest absolute Gasteiger partial charge is 0.303 e. The predicted molar refractivity (Wildman–Crippen MR) is 78.0 cm³/mol. The van der Waals surface area contributed by atoms with Gasteiger partial charge in [-0.15, -0.1) is 0 Å². The van der Waals surface area contributed by atoms with Crippen molar-refractivity contribution in [1.29, 1.82) is 0 Å². The van der Waals surface area contributed by atoms with Gasteiger partial charge in [-0.25, -0.2) is 0 Å². The molecule has 1 aliphatic heterocycles. The van der Waals surface area contributed by atoms with Crippen molar-refractivity contribution in [2.75, 3.05) is 13.1 Å². The summed E-state index contributed by atoms with van der Waals surface area (Å²) in [6, 6.07) is 5.31. The molecule has 0 unspecified atom stereocenters. The van der Waals surface area contributed by atoms with Gasteiger partial charge < -0.3 is 10.2 Å². The number of rotatable bonds is 5. The highest BCUT2D eigenvalue weighted by Crippen LogP contribution is 2.26. The summed E-state index contributed by atoms with van der Waals surface area (Å²) in [5.74, 6) is -0.0558. The lowest BCUT2D eigenvalue weighted by molar-refractivity contribution is -0.137. The van der Waals surface area contributed by atoms with Gasteiger partial charge in [-0.1, -0.05) is 17.7 Å². The molecule has 0 bridgehead atoms. The fourth-order valence-corrected chi connectivity index (χ4v) is 2.87. The van der Waals surface area contributed by atoms with Crippen molar-refractivity contribution < 1.29 is 15.0 Å². The zero-order valence-electron chi connectivity index (χ0n) is 11.4. The summed E-state index contributed by atoms with van der Waals surface area (Å²) in [6.07, 6.45) is 3.17. The number of phenolic OH excluding ortho intramolecular Hbond substituents is 1. The van der Waals surface area contributed by atoms with E-state index in [9.17, 15) is 9.90 Å². The largest absolute Gasteiger partial charge is 0.506 e. The van der Waals surface area contributed by atoms with Crippen LogP contribution in [-0.2, 0) is 11.3 Å². The lowest BCUT2D eigenvalue weighted by atomic mass is 9.92. The molecule has 0 saturated carbocycles. The first-order valence-electron chi connectivity index (χ1n) is 6.96. The Morgan fingerprint density at radius 2 is 2.05 bits per heavy atom. The van der Waals surface area contributed by atoms with Crippen molar-refractivity contribution in [2.45, 2.75) is 32.2 Å². The van der Waals surface area contributed by atoms with Gasteiger partial charge in [0, 0.05) is 13.0 Å². The van der Waals surface area contributed by atoms with Crippen LogP contribution in [0.15, 0.2) is 18.2 Å². The predicted octanol–water partition coefficient (Wildman–Crippen LogP) is 3.12. The average Bonchev–Trinajstić information content (AvgIpc) is 2.42. The number of aromatic hydroxyl groups is 1. The minimum Gasteiger partial charge on any atom is -0.506 e. The second-order valence-electron chi connectivity index (χ2n) is 5.44. The van der Waals surface area contributed by atoms with E-state index in [-0.39, 0.29) is 12.2 Å². The molecule has 1 aromatic carbocycles. The van der Waals surface area contributed by atoms with Crippen molar-refractivity contribution >= 4 is 17.6 Å². The zero-order chi connectivity index (χ0) is 14.5. The van der Waals surface area contributed by atoms with Gasteiger partial charge in [-0.05, 0) is 56.0 Å². The molecule has 5 heteroatoms. The van der Waals surface area contributed by atoms with E-state index in [0.717, 1.165) is 44.5 Å². The number of hydrogen-bond acceptors (Lipinski definition) is 3. The van der Waals surface area contributed by atoms with Gasteiger partial charge in [0.25, 0.3) is 0 Å². The summed E-state index contributed by atoms with van der Waals surface area (Å²) in [6.45, 7) is 2.80. The maximum atomic E-state index is 10.6. The maximum Gasteiger partial charge on any atom is 0.303 e. The number of likely N-dealkylation sites (tertiary alicyclic amines) is 1. The highest BCUT2D eigenvalue weighted by atomic mass is 35.5. The number of aliphatic carboxylic acids is 1. The van der Waals surface area contributed by atoms with Crippen molar-refractivity contribution in [2.24, 2.45) is 5.92 Å². The molecular formula is C15H20ClNO3. The summed E-state index contributed by atoms with van der Waals surface area (Å²) in [5, 5.41) is 18.5. The zero-order valence-corrected chi connectivity index (χ0v) is 12.1. The van der Waals surface area contributed by atoms with Crippen molar-refractivity contribution in [3.8, 4) is 5.75 Å². The Morgan fingerprint density at radius 3 is 2.65 bits per heavy atom. The summed E-state index contributed by atoms with van der Waals surface area (Å²) in [5.41, 5.74) is 1.09. The first-order valence-corrected chi connectivity index (χ1v) is 7.34. The van der Waals surface area contributed by atoms with Crippen LogP contribution in [0.25, 0.3) is 0 Å². The topological polar surface area (TPSA) is 60.8 Å². The molecule has 110 valence electrons. The molecule has 2 rings (SSSR count). The lowest BCUT2D eigenvalue weighted by Gasteiger charge is -2.31. The minimum atomic E-state index is -0.703. The summed E-state index contributed by atoms with van der Waals surface area (Å²) in [7, 11) is 0. The van der Waals surface area contributed by atoms with E-state index < -0.39 is 5.97 Å². The number of hydrogen-bond donors (Lipinski definition) is 2. The Balaban J connectivity index is 1.79. The molecule has 0 spiro atoms. The first-order chi connectivity index (χ1) is 9.54. The van der Waals surface area contributed by atoms with E-state index in [2.05, 4.69) is 4.90 Å². The Morgan fingerprint density at radius 1 is 1.35 bits per heavy atom. The maximum absolute atomic E-state index is 10.6. The van der Waals surface area contributed by atoms with Crippen molar-refractivity contribution in [3.63, 3.8) is 0 Å². The molecular weight excluding hydrogens is 278 g/mol. The van der Waals surface area contributed by atoms with Crippen LogP contribution in [0.2, 0.25) is 5.02 Å². The SMILES string of the molecule is O=C(O)CCC1CCN(Cc2ccc(O)c(Cl)c2)CC1. The van der Waals surface area contributed by atoms with E-state index in [1.807, 2.05) is 6.07 Å². The van der Waals surface area contributed by atoms with Gasteiger partial charge in [-0.3, -0.25) is 9.69 Å². The number of phenols is 1. The summed E-state index contributed by atoms with van der Waals surface area (Å²) >= 11 is 5.90. The van der Waals surface area contributed by atoms with Crippen LogP contribution in [0.1, 0.15) is 31.2 Å². The molecule has 4 nitrogen and oxygen atoms in total. The van der Waals surface area contributed by atoms with Crippen LogP contribution in [0.5, 0.6) is 5.75 Å². The molecule has 0 aromatic heterocycles. The monoisotopic (exact) mass is 297 g/mol. The number of benzene rings is 1. The number of carboxylic acids is 1. The number of carbonyl (C=O) groups is 1. The first kappa shape index (κ1) is 15.1. The van der Waals surface area contributed by atoms with Crippen LogP contribution >= 0.6 is 11.6 Å². The minimum absolute atomic E-state index is 0.114. The Labute approximate surface area is 124 Å². The Kier molecular flexibility index (Phi) is 5.26. The van der Waals surface area contributed by atoms with E-state index in [1.54, 1.807) is 12.1 Å². The van der Waals surface area contributed by atoms with Crippen LogP contribution in [0.3, 0.4) is 0 Å². The molecule has 1 fully saturated rings. The van der Waals surface area contributed by atoms with E-state index in [4.69, 9.17) is 16.7 Å². The highest BCUT2D eigenvalue weighted by Gasteiger charge is 2.20. The second-order valence-corrected chi connectivity index (χ2v) is 5.84. The third-order valence-electron chi connectivity index (χ3n) is 3.89. The van der Waals surface area contributed by atoms with E-state index in [1.165, 1.54) is 0 Å². The van der Waals surface area contributed by atoms with Gasteiger partial charge in [-0.2, -0.15) is 0 Å². The van der Waals surface area contributed by atoms with E-state index in [0.29, 0.717) is 10.9 Å². The standard InChI is InChI=1S/C15H20ClNO3/c16-13-9-12(1-3-14(13)18)10-17-7-5-11(6-8-17)2-4-15(19)20/h1,3,9,11,18H,2,4-8,10H2,(H,19,20). The molecule has 0 amide bonds. The normalized spacial score (nSPS) is 17.2. The van der Waals surface area contributed by atoms with Crippen LogP contribution < -0.4 is 0 Å².